The van der Waals surface area contributed by atoms with E-state index in [2.05, 4.69) is 6.92 Å². The number of rotatable bonds is 4. The highest BCUT2D eigenvalue weighted by atomic mass is 16.5. The topological polar surface area (TPSA) is 84.0 Å². The van der Waals surface area contributed by atoms with Crippen molar-refractivity contribution in [3.63, 3.8) is 0 Å². The summed E-state index contributed by atoms with van der Waals surface area (Å²) >= 11 is 0. The van der Waals surface area contributed by atoms with Crippen molar-refractivity contribution in [2.45, 2.75) is 19.8 Å². The Hall–Kier alpha value is -2.70. The number of carbonyl (C=O) groups excluding carboxylic acids is 4. The van der Waals surface area contributed by atoms with E-state index >= 15 is 0 Å². The summed E-state index contributed by atoms with van der Waals surface area (Å²) in [6.45, 7) is 2.70. The van der Waals surface area contributed by atoms with E-state index in [-0.39, 0.29) is 24.6 Å². The Labute approximate surface area is 145 Å². The molecule has 1 atom stereocenters. The summed E-state index contributed by atoms with van der Waals surface area (Å²) in [7, 11) is 0. The molecule has 0 aliphatic carbocycles. The molecule has 132 valence electrons. The van der Waals surface area contributed by atoms with E-state index < -0.39 is 17.7 Å². The van der Waals surface area contributed by atoms with Crippen LogP contribution in [-0.4, -0.2) is 54.7 Å². The van der Waals surface area contributed by atoms with E-state index in [9.17, 15) is 19.2 Å². The van der Waals surface area contributed by atoms with Crippen LogP contribution in [-0.2, 0) is 19.1 Å². The van der Waals surface area contributed by atoms with Gasteiger partial charge in [0.25, 0.3) is 17.6 Å². The maximum absolute atomic E-state index is 12.1. The van der Waals surface area contributed by atoms with Crippen LogP contribution < -0.4 is 4.90 Å². The Balaban J connectivity index is 1.55. The van der Waals surface area contributed by atoms with Gasteiger partial charge in [-0.1, -0.05) is 19.1 Å². The third-order valence-corrected chi connectivity index (χ3v) is 4.53. The molecule has 1 fully saturated rings. The molecule has 0 spiro atoms. The minimum atomic E-state index is -0.755. The van der Waals surface area contributed by atoms with Crippen LogP contribution in [0, 0.1) is 5.92 Å². The molecule has 3 rings (SSSR count). The van der Waals surface area contributed by atoms with Gasteiger partial charge in [-0.05, 0) is 30.9 Å². The fraction of sp³-hybridized carbons (Fsp3) is 0.444. The summed E-state index contributed by atoms with van der Waals surface area (Å²) in [5.41, 5.74) is 0.671. The van der Waals surface area contributed by atoms with Gasteiger partial charge >= 0.3 is 5.97 Å². The summed E-state index contributed by atoms with van der Waals surface area (Å²) in [6, 6.07) is 6.49. The van der Waals surface area contributed by atoms with Crippen molar-refractivity contribution < 1.29 is 23.9 Å². The number of ketones is 1. The number of ether oxygens (including phenoxy) is 1. The average molecular weight is 344 g/mol. The predicted octanol–water partition coefficient (Wildman–Crippen LogP) is 1.02. The van der Waals surface area contributed by atoms with Crippen molar-refractivity contribution in [1.29, 1.82) is 0 Å². The lowest BCUT2D eigenvalue weighted by Gasteiger charge is -2.30. The maximum Gasteiger partial charge on any atom is 0.326 e. The van der Waals surface area contributed by atoms with Crippen LogP contribution in [0.15, 0.2) is 24.3 Å². The lowest BCUT2D eigenvalue weighted by Crippen LogP contribution is -2.42. The SMILES string of the molecule is C[C@@H]1CCCN(C(=O)COC(=O)CN2C(=O)C(=O)c3ccccc32)C1. The van der Waals surface area contributed by atoms with E-state index in [0.29, 0.717) is 24.7 Å². The number of carbonyl (C=O) groups is 4. The molecule has 0 radical (unpaired) electrons. The quantitative estimate of drug-likeness (QED) is 0.601. The molecule has 0 saturated carbocycles. The van der Waals surface area contributed by atoms with Gasteiger partial charge in [-0.15, -0.1) is 0 Å². The van der Waals surface area contributed by atoms with Gasteiger partial charge in [-0.25, -0.2) is 0 Å². The number of Topliss-reactive ketones (excluding diaryl/α,β-unsaturated/α-hetero) is 1. The van der Waals surface area contributed by atoms with E-state index in [1.807, 2.05) is 0 Å². The number of benzene rings is 1. The molecule has 0 N–H and O–H groups in total. The molecular formula is C18H20N2O5. The minimum Gasteiger partial charge on any atom is -0.454 e. The van der Waals surface area contributed by atoms with Crippen LogP contribution in [0.1, 0.15) is 30.1 Å². The highest BCUT2D eigenvalue weighted by Gasteiger charge is 2.36. The molecular weight excluding hydrogens is 324 g/mol. The van der Waals surface area contributed by atoms with Crippen molar-refractivity contribution in [2.75, 3.05) is 31.1 Å². The molecule has 2 aliphatic heterocycles. The molecule has 0 bridgehead atoms. The third kappa shape index (κ3) is 3.55. The van der Waals surface area contributed by atoms with Crippen LogP contribution in [0.5, 0.6) is 0 Å². The smallest absolute Gasteiger partial charge is 0.326 e. The number of hydrogen-bond donors (Lipinski definition) is 0. The normalized spacial score (nSPS) is 19.8. The Kier molecular flexibility index (Phi) is 4.83. The molecule has 7 heteroatoms. The summed E-state index contributed by atoms with van der Waals surface area (Å²) in [6.07, 6.45) is 2.04. The second-order valence-corrected chi connectivity index (χ2v) is 6.49. The number of piperidine rings is 1. The first-order valence-corrected chi connectivity index (χ1v) is 8.36. The summed E-state index contributed by atoms with van der Waals surface area (Å²) < 4.78 is 5.02. The molecule has 0 unspecified atom stereocenters. The van der Waals surface area contributed by atoms with Crippen LogP contribution in [0.3, 0.4) is 0 Å². The molecule has 1 aromatic carbocycles. The van der Waals surface area contributed by atoms with Crippen molar-refractivity contribution in [3.05, 3.63) is 29.8 Å². The van der Waals surface area contributed by atoms with Crippen molar-refractivity contribution >= 4 is 29.3 Å². The lowest BCUT2D eigenvalue weighted by atomic mass is 10.0. The molecule has 25 heavy (non-hydrogen) atoms. The number of amides is 2. The van der Waals surface area contributed by atoms with Gasteiger partial charge in [-0.3, -0.25) is 24.1 Å². The van der Waals surface area contributed by atoms with E-state index in [0.717, 1.165) is 17.7 Å². The first-order chi connectivity index (χ1) is 12.0. The standard InChI is InChI=1S/C18H20N2O5/c1-12-5-4-8-19(9-12)15(21)11-25-16(22)10-20-14-7-3-2-6-13(14)17(23)18(20)24/h2-3,6-7,12H,4-5,8-11H2,1H3/t12-/m1/s1. The molecule has 2 amide bonds. The van der Waals surface area contributed by atoms with Gasteiger partial charge in [0.15, 0.2) is 6.61 Å². The highest BCUT2D eigenvalue weighted by Crippen LogP contribution is 2.28. The Bertz CT molecular complexity index is 730. The number of likely N-dealkylation sites (tertiary alicyclic amines) is 1. The van der Waals surface area contributed by atoms with Crippen LogP contribution in [0.2, 0.25) is 0 Å². The summed E-state index contributed by atoms with van der Waals surface area (Å²) in [4.78, 5) is 50.8. The molecule has 0 aromatic heterocycles. The first kappa shape index (κ1) is 17.1. The second kappa shape index (κ2) is 7.04. The number of esters is 1. The largest absolute Gasteiger partial charge is 0.454 e. The molecule has 7 nitrogen and oxygen atoms in total. The van der Waals surface area contributed by atoms with E-state index in [1.54, 1.807) is 29.2 Å². The van der Waals surface area contributed by atoms with Gasteiger partial charge in [0.2, 0.25) is 0 Å². The number of anilines is 1. The monoisotopic (exact) mass is 344 g/mol. The fourth-order valence-electron chi connectivity index (χ4n) is 3.23. The summed E-state index contributed by atoms with van der Waals surface area (Å²) in [5.74, 6) is -1.89. The van der Waals surface area contributed by atoms with Gasteiger partial charge in [0.1, 0.15) is 6.54 Å². The molecule has 2 aliphatic rings. The van der Waals surface area contributed by atoms with Gasteiger partial charge < -0.3 is 9.64 Å². The molecule has 2 heterocycles. The number of hydrogen-bond acceptors (Lipinski definition) is 5. The highest BCUT2D eigenvalue weighted by molar-refractivity contribution is 6.52. The third-order valence-electron chi connectivity index (χ3n) is 4.53. The zero-order chi connectivity index (χ0) is 18.0. The lowest BCUT2D eigenvalue weighted by molar-refractivity contribution is -0.151. The van der Waals surface area contributed by atoms with Crippen LogP contribution in [0.4, 0.5) is 5.69 Å². The number of para-hydroxylation sites is 1. The van der Waals surface area contributed by atoms with Crippen molar-refractivity contribution in [2.24, 2.45) is 5.92 Å². The van der Waals surface area contributed by atoms with E-state index in [4.69, 9.17) is 4.74 Å². The van der Waals surface area contributed by atoms with E-state index in [1.165, 1.54) is 0 Å². The zero-order valence-electron chi connectivity index (χ0n) is 14.1. The van der Waals surface area contributed by atoms with Crippen molar-refractivity contribution in [3.8, 4) is 0 Å². The Morgan fingerprint density at radius 3 is 2.76 bits per heavy atom. The Morgan fingerprint density at radius 2 is 2.00 bits per heavy atom. The van der Waals surface area contributed by atoms with Crippen LogP contribution >= 0.6 is 0 Å². The summed E-state index contributed by atoms with van der Waals surface area (Å²) in [5, 5.41) is 0. The Morgan fingerprint density at radius 1 is 1.24 bits per heavy atom. The number of fused-ring (bicyclic) bond motifs is 1. The molecule has 1 aromatic rings. The maximum atomic E-state index is 12.1. The average Bonchev–Trinajstić information content (AvgIpc) is 2.85. The first-order valence-electron chi connectivity index (χ1n) is 8.36. The van der Waals surface area contributed by atoms with Gasteiger partial charge in [-0.2, -0.15) is 0 Å². The molecule has 1 saturated heterocycles. The zero-order valence-corrected chi connectivity index (χ0v) is 14.1. The van der Waals surface area contributed by atoms with Crippen LogP contribution in [0.25, 0.3) is 0 Å². The van der Waals surface area contributed by atoms with Gasteiger partial charge in [0, 0.05) is 13.1 Å². The van der Waals surface area contributed by atoms with Gasteiger partial charge in [0.05, 0.1) is 11.3 Å². The predicted molar refractivity (Wildman–Crippen MR) is 89.1 cm³/mol. The van der Waals surface area contributed by atoms with Crippen molar-refractivity contribution in [1.82, 2.24) is 4.90 Å². The fourth-order valence-corrected chi connectivity index (χ4v) is 3.23. The minimum absolute atomic E-state index is 0.232. The second-order valence-electron chi connectivity index (χ2n) is 6.49. The number of nitrogens with zero attached hydrogens (tertiary/aromatic N) is 2.